The molecule has 0 N–H and O–H groups in total. The predicted molar refractivity (Wildman–Crippen MR) is 49.6 cm³/mol. The molecule has 0 unspecified atom stereocenters. The number of alkyl halides is 2. The molecule has 0 aliphatic carbocycles. The molecule has 1 aliphatic heterocycles. The summed E-state index contributed by atoms with van der Waals surface area (Å²) in [6.07, 6.45) is -0.306. The minimum absolute atomic E-state index is 0.0539. The molecule has 11 heavy (non-hydrogen) atoms. The van der Waals surface area contributed by atoms with Gasteiger partial charge in [0.25, 0.3) is 0 Å². The monoisotopic (exact) mass is 271 g/mol. The molecule has 1 heterocycles. The first-order valence-electron chi connectivity index (χ1n) is 3.64. The van der Waals surface area contributed by atoms with Gasteiger partial charge in [0.05, 0.1) is 11.0 Å². The van der Waals surface area contributed by atoms with Crippen LogP contribution in [0.3, 0.4) is 0 Å². The second kappa shape index (κ2) is 3.69. The van der Waals surface area contributed by atoms with E-state index in [0.29, 0.717) is 17.4 Å². The van der Waals surface area contributed by atoms with Gasteiger partial charge in [-0.05, 0) is 6.92 Å². The zero-order valence-corrected chi connectivity index (χ0v) is 8.54. The van der Waals surface area contributed by atoms with Crippen LogP contribution in [0.5, 0.6) is 0 Å². The average Bonchev–Trinajstić information content (AvgIpc) is 2.28. The number of halogens is 2. The largest absolute Gasteiger partial charge is 0.336 e. The Morgan fingerprint density at radius 3 is 2.82 bits per heavy atom. The van der Waals surface area contributed by atoms with Crippen molar-refractivity contribution in [1.82, 2.24) is 4.90 Å². The molecule has 0 bridgehead atoms. The molecule has 1 rings (SSSR count). The van der Waals surface area contributed by atoms with Crippen molar-refractivity contribution in [2.45, 2.75) is 25.6 Å². The number of amides is 1. The van der Waals surface area contributed by atoms with E-state index in [4.69, 9.17) is 0 Å². The first-order chi connectivity index (χ1) is 5.15. The van der Waals surface area contributed by atoms with Gasteiger partial charge >= 0.3 is 0 Å². The van der Waals surface area contributed by atoms with Gasteiger partial charge in [-0.3, -0.25) is 4.79 Å². The maximum absolute atomic E-state index is 12.7. The highest BCUT2D eigenvalue weighted by molar-refractivity contribution is 14.1. The normalized spacial score (nSPS) is 31.0. The second-order valence-electron chi connectivity index (χ2n) is 2.86. The molecule has 1 amide bonds. The SMILES string of the molecule is C[C@@H]1C[C@H](F)CN1C(=O)CI. The Kier molecular flexibility index (Phi) is 3.09. The molecule has 1 fully saturated rings. The Morgan fingerprint density at radius 2 is 2.45 bits per heavy atom. The van der Waals surface area contributed by atoms with Crippen LogP contribution in [-0.2, 0) is 4.79 Å². The molecule has 2 nitrogen and oxygen atoms in total. The summed E-state index contributed by atoms with van der Waals surface area (Å²) in [5.41, 5.74) is 0. The molecule has 1 saturated heterocycles. The van der Waals surface area contributed by atoms with Crippen molar-refractivity contribution in [2.24, 2.45) is 0 Å². The number of likely N-dealkylation sites (tertiary alicyclic amines) is 1. The van der Waals surface area contributed by atoms with Gasteiger partial charge in [-0.15, -0.1) is 0 Å². The third kappa shape index (κ3) is 2.04. The van der Waals surface area contributed by atoms with Crippen LogP contribution >= 0.6 is 22.6 Å². The van der Waals surface area contributed by atoms with Crippen LogP contribution < -0.4 is 0 Å². The maximum Gasteiger partial charge on any atom is 0.232 e. The third-order valence-electron chi connectivity index (χ3n) is 1.96. The van der Waals surface area contributed by atoms with Gasteiger partial charge in [0.1, 0.15) is 6.17 Å². The van der Waals surface area contributed by atoms with Gasteiger partial charge in [-0.1, -0.05) is 22.6 Å². The van der Waals surface area contributed by atoms with Crippen LogP contribution in [0.2, 0.25) is 0 Å². The average molecular weight is 271 g/mol. The molecular weight excluding hydrogens is 260 g/mol. The van der Waals surface area contributed by atoms with Crippen molar-refractivity contribution >= 4 is 28.5 Å². The lowest BCUT2D eigenvalue weighted by atomic mass is 10.2. The van der Waals surface area contributed by atoms with E-state index in [9.17, 15) is 9.18 Å². The van der Waals surface area contributed by atoms with E-state index >= 15 is 0 Å². The van der Waals surface area contributed by atoms with E-state index in [1.165, 1.54) is 0 Å². The van der Waals surface area contributed by atoms with Crippen LogP contribution in [0.15, 0.2) is 0 Å². The van der Waals surface area contributed by atoms with Crippen molar-refractivity contribution in [3.8, 4) is 0 Å². The van der Waals surface area contributed by atoms with Crippen LogP contribution in [0.25, 0.3) is 0 Å². The summed E-state index contributed by atoms with van der Waals surface area (Å²) in [6.45, 7) is 2.19. The fourth-order valence-electron chi connectivity index (χ4n) is 1.39. The fourth-order valence-corrected chi connectivity index (χ4v) is 1.83. The van der Waals surface area contributed by atoms with E-state index in [1.54, 1.807) is 4.90 Å². The lowest BCUT2D eigenvalue weighted by molar-refractivity contribution is -0.128. The number of carbonyl (C=O) groups excluding carboxylic acids is 1. The summed E-state index contributed by atoms with van der Waals surface area (Å²) in [4.78, 5) is 12.7. The molecule has 64 valence electrons. The van der Waals surface area contributed by atoms with E-state index in [-0.39, 0.29) is 11.9 Å². The Bertz CT molecular complexity index is 165. The van der Waals surface area contributed by atoms with Crippen molar-refractivity contribution in [3.63, 3.8) is 0 Å². The van der Waals surface area contributed by atoms with E-state index < -0.39 is 6.17 Å². The van der Waals surface area contributed by atoms with Gasteiger partial charge in [0, 0.05) is 12.5 Å². The van der Waals surface area contributed by atoms with Crippen molar-refractivity contribution in [2.75, 3.05) is 11.0 Å². The quantitative estimate of drug-likeness (QED) is 0.521. The summed E-state index contributed by atoms with van der Waals surface area (Å²) in [5.74, 6) is 0.0539. The highest BCUT2D eigenvalue weighted by Crippen LogP contribution is 2.19. The number of carbonyl (C=O) groups is 1. The molecule has 0 saturated carbocycles. The summed E-state index contributed by atoms with van der Waals surface area (Å²) in [5, 5.41) is 0. The molecule has 4 heteroatoms. The van der Waals surface area contributed by atoms with Gasteiger partial charge in [-0.2, -0.15) is 0 Å². The summed E-state index contributed by atoms with van der Waals surface area (Å²) in [7, 11) is 0. The standard InChI is InChI=1S/C7H11FINO/c1-5-2-6(8)4-10(5)7(11)3-9/h5-6H,2-4H2,1H3/t5-,6+/m1/s1. The molecule has 0 aromatic heterocycles. The second-order valence-corrected chi connectivity index (χ2v) is 3.62. The minimum Gasteiger partial charge on any atom is -0.336 e. The molecule has 0 aromatic carbocycles. The molecular formula is C7H11FINO. The summed E-state index contributed by atoms with van der Waals surface area (Å²) >= 11 is 2.01. The topological polar surface area (TPSA) is 20.3 Å². The van der Waals surface area contributed by atoms with Crippen LogP contribution in [0.1, 0.15) is 13.3 Å². The Morgan fingerprint density at radius 1 is 1.82 bits per heavy atom. The van der Waals surface area contributed by atoms with Gasteiger partial charge in [0.2, 0.25) is 5.91 Å². The number of hydrogen-bond acceptors (Lipinski definition) is 1. The fraction of sp³-hybridized carbons (Fsp3) is 0.857. The van der Waals surface area contributed by atoms with Crippen molar-refractivity contribution in [1.29, 1.82) is 0 Å². The zero-order chi connectivity index (χ0) is 8.43. The first kappa shape index (κ1) is 9.22. The Hall–Kier alpha value is 0.130. The highest BCUT2D eigenvalue weighted by atomic mass is 127. The number of hydrogen-bond donors (Lipinski definition) is 0. The van der Waals surface area contributed by atoms with Gasteiger partial charge in [0.15, 0.2) is 0 Å². The predicted octanol–water partition coefficient (Wildman–Crippen LogP) is 1.38. The van der Waals surface area contributed by atoms with E-state index in [0.717, 1.165) is 0 Å². The van der Waals surface area contributed by atoms with Crippen molar-refractivity contribution < 1.29 is 9.18 Å². The Balaban J connectivity index is 2.52. The van der Waals surface area contributed by atoms with Crippen LogP contribution in [0.4, 0.5) is 4.39 Å². The lowest BCUT2D eigenvalue weighted by Gasteiger charge is -2.19. The van der Waals surface area contributed by atoms with E-state index in [1.807, 2.05) is 29.5 Å². The summed E-state index contributed by atoms with van der Waals surface area (Å²) in [6, 6.07) is 0.0901. The van der Waals surface area contributed by atoms with Gasteiger partial charge in [-0.25, -0.2) is 4.39 Å². The third-order valence-corrected chi connectivity index (χ3v) is 2.61. The molecule has 0 aromatic rings. The first-order valence-corrected chi connectivity index (χ1v) is 5.17. The maximum atomic E-state index is 12.7. The summed E-state index contributed by atoms with van der Waals surface area (Å²) < 4.78 is 13.2. The van der Waals surface area contributed by atoms with E-state index in [2.05, 4.69) is 0 Å². The number of nitrogens with zero attached hydrogens (tertiary/aromatic N) is 1. The van der Waals surface area contributed by atoms with Gasteiger partial charge < -0.3 is 4.90 Å². The molecule has 0 spiro atoms. The van der Waals surface area contributed by atoms with Crippen LogP contribution in [-0.4, -0.2) is 34.0 Å². The molecule has 2 atom stereocenters. The minimum atomic E-state index is -0.808. The smallest absolute Gasteiger partial charge is 0.232 e. The number of rotatable bonds is 1. The lowest BCUT2D eigenvalue weighted by Crippen LogP contribution is -2.34. The molecule has 1 aliphatic rings. The van der Waals surface area contributed by atoms with Crippen molar-refractivity contribution in [3.05, 3.63) is 0 Å². The van der Waals surface area contributed by atoms with Crippen LogP contribution in [0, 0.1) is 0 Å². The molecule has 0 radical (unpaired) electrons. The Labute approximate surface area is 79.3 Å². The highest BCUT2D eigenvalue weighted by Gasteiger charge is 2.31. The zero-order valence-electron chi connectivity index (χ0n) is 6.39.